The van der Waals surface area contributed by atoms with Gasteiger partial charge in [0.15, 0.2) is 11.6 Å². The van der Waals surface area contributed by atoms with Gasteiger partial charge in [-0.2, -0.15) is 4.39 Å². The molecule has 2 fully saturated rings. The van der Waals surface area contributed by atoms with Gasteiger partial charge in [0.25, 0.3) is 0 Å². The van der Waals surface area contributed by atoms with Crippen LogP contribution in [-0.4, -0.2) is 6.61 Å². The Labute approximate surface area is 231 Å². The number of ether oxygens (including phenoxy) is 1. The van der Waals surface area contributed by atoms with Crippen LogP contribution >= 0.6 is 0 Å². The quantitative estimate of drug-likeness (QED) is 0.262. The maximum absolute atomic E-state index is 15.3. The topological polar surface area (TPSA) is 9.23 Å². The van der Waals surface area contributed by atoms with Crippen molar-refractivity contribution in [1.29, 1.82) is 0 Å². The van der Waals surface area contributed by atoms with Crippen molar-refractivity contribution in [2.24, 2.45) is 17.8 Å². The molecule has 0 spiro atoms. The van der Waals surface area contributed by atoms with Crippen LogP contribution in [0.4, 0.5) is 13.2 Å². The molecule has 0 aromatic heterocycles. The van der Waals surface area contributed by atoms with Gasteiger partial charge in [-0.1, -0.05) is 49.4 Å². The summed E-state index contributed by atoms with van der Waals surface area (Å²) in [5.41, 5.74) is 3.18. The highest BCUT2D eigenvalue weighted by atomic mass is 19.2. The average molecular weight is 533 g/mol. The molecule has 4 heteroatoms. The van der Waals surface area contributed by atoms with Crippen LogP contribution < -0.4 is 4.74 Å². The predicted molar refractivity (Wildman–Crippen MR) is 153 cm³/mol. The number of halogens is 3. The second kappa shape index (κ2) is 12.4. The van der Waals surface area contributed by atoms with E-state index < -0.39 is 11.6 Å². The summed E-state index contributed by atoms with van der Waals surface area (Å²) in [6.45, 7) is 6.21. The molecule has 0 unspecified atom stereocenters. The Morgan fingerprint density at radius 3 is 1.97 bits per heavy atom. The van der Waals surface area contributed by atoms with Gasteiger partial charge in [-0.15, -0.1) is 6.58 Å². The first kappa shape index (κ1) is 27.6. The minimum absolute atomic E-state index is 0.0746. The van der Waals surface area contributed by atoms with E-state index in [9.17, 15) is 8.78 Å². The Kier molecular flexibility index (Phi) is 8.79. The third kappa shape index (κ3) is 6.10. The van der Waals surface area contributed by atoms with Crippen molar-refractivity contribution in [3.05, 3.63) is 90.3 Å². The van der Waals surface area contributed by atoms with Crippen LogP contribution in [0.25, 0.3) is 22.3 Å². The molecule has 1 nitrogen and oxygen atoms in total. The number of hydrogen-bond donors (Lipinski definition) is 0. The lowest BCUT2D eigenvalue weighted by atomic mass is 9.68. The van der Waals surface area contributed by atoms with Gasteiger partial charge >= 0.3 is 0 Å². The zero-order valence-electron chi connectivity index (χ0n) is 22.9. The van der Waals surface area contributed by atoms with E-state index in [0.29, 0.717) is 24.5 Å². The minimum atomic E-state index is -0.975. The molecule has 39 heavy (non-hydrogen) atoms. The van der Waals surface area contributed by atoms with Crippen LogP contribution in [0.5, 0.6) is 5.75 Å². The molecule has 0 atom stereocenters. The van der Waals surface area contributed by atoms with Gasteiger partial charge in [-0.05, 0) is 122 Å². The molecule has 2 aliphatic rings. The van der Waals surface area contributed by atoms with Crippen LogP contribution in [0.2, 0.25) is 0 Å². The lowest BCUT2D eigenvalue weighted by Crippen LogP contribution is -2.25. The molecule has 0 saturated heterocycles. The highest BCUT2D eigenvalue weighted by molar-refractivity contribution is 5.71. The van der Waals surface area contributed by atoms with E-state index >= 15 is 4.39 Å². The summed E-state index contributed by atoms with van der Waals surface area (Å²) in [4.78, 5) is 0. The molecule has 0 amide bonds. The Hall–Kier alpha value is -3.01. The van der Waals surface area contributed by atoms with Crippen molar-refractivity contribution in [3.63, 3.8) is 0 Å². The van der Waals surface area contributed by atoms with E-state index in [1.54, 1.807) is 18.2 Å². The summed E-state index contributed by atoms with van der Waals surface area (Å²) < 4.78 is 49.8. The van der Waals surface area contributed by atoms with Crippen LogP contribution in [0, 0.1) is 35.2 Å². The number of rotatable bonds is 8. The number of benzene rings is 3. The molecular weight excluding hydrogens is 493 g/mol. The van der Waals surface area contributed by atoms with Gasteiger partial charge in [0.05, 0.1) is 6.61 Å². The molecule has 0 heterocycles. The molecule has 206 valence electrons. The van der Waals surface area contributed by atoms with Gasteiger partial charge in [0.1, 0.15) is 5.82 Å². The Morgan fingerprint density at radius 2 is 1.36 bits per heavy atom. The van der Waals surface area contributed by atoms with Gasteiger partial charge < -0.3 is 4.74 Å². The Morgan fingerprint density at radius 1 is 0.744 bits per heavy atom. The van der Waals surface area contributed by atoms with E-state index in [1.165, 1.54) is 50.7 Å². The second-order valence-electron chi connectivity index (χ2n) is 11.4. The van der Waals surface area contributed by atoms with Gasteiger partial charge in [0.2, 0.25) is 5.82 Å². The largest absolute Gasteiger partial charge is 0.490 e. The lowest BCUT2D eigenvalue weighted by Gasteiger charge is -2.37. The summed E-state index contributed by atoms with van der Waals surface area (Å²) in [6.07, 6.45) is 12.5. The highest BCUT2D eigenvalue weighted by Gasteiger charge is 2.31. The van der Waals surface area contributed by atoms with E-state index in [1.807, 2.05) is 31.2 Å². The molecule has 3 aromatic rings. The minimum Gasteiger partial charge on any atom is -0.490 e. The van der Waals surface area contributed by atoms with Gasteiger partial charge in [-0.25, -0.2) is 8.78 Å². The molecule has 0 bridgehead atoms. The zero-order valence-corrected chi connectivity index (χ0v) is 22.9. The predicted octanol–water partition coefficient (Wildman–Crippen LogP) is 10.5. The summed E-state index contributed by atoms with van der Waals surface area (Å²) >= 11 is 0. The van der Waals surface area contributed by atoms with Crippen LogP contribution in [-0.2, 0) is 0 Å². The van der Waals surface area contributed by atoms with Crippen molar-refractivity contribution in [2.75, 3.05) is 6.61 Å². The monoisotopic (exact) mass is 532 g/mol. The summed E-state index contributed by atoms with van der Waals surface area (Å²) in [5, 5.41) is 0. The van der Waals surface area contributed by atoms with E-state index in [-0.39, 0.29) is 23.0 Å². The second-order valence-corrected chi connectivity index (χ2v) is 11.4. The molecule has 3 aromatic carbocycles. The van der Waals surface area contributed by atoms with Crippen molar-refractivity contribution in [1.82, 2.24) is 0 Å². The van der Waals surface area contributed by atoms with Crippen LogP contribution in [0.3, 0.4) is 0 Å². The molecule has 0 aliphatic heterocycles. The fourth-order valence-corrected chi connectivity index (χ4v) is 6.71. The van der Waals surface area contributed by atoms with Gasteiger partial charge in [-0.3, -0.25) is 0 Å². The Bertz CT molecular complexity index is 1270. The van der Waals surface area contributed by atoms with Gasteiger partial charge in [0, 0.05) is 5.56 Å². The smallest absolute Gasteiger partial charge is 0.201 e. The molecule has 0 N–H and O–H groups in total. The molecular formula is C35H39F3O. The molecule has 5 rings (SSSR count). The lowest BCUT2D eigenvalue weighted by molar-refractivity contribution is 0.171. The molecule has 2 aliphatic carbocycles. The first-order valence-corrected chi connectivity index (χ1v) is 14.6. The number of hydrogen-bond acceptors (Lipinski definition) is 1. The SMILES string of the molecule is C=CC1CCC(C2CCC(c3ccc(-c4ccc(-c5ccc(OCCC)c(F)c5F)cc4)cc3F)CC2)CC1. The summed E-state index contributed by atoms with van der Waals surface area (Å²) in [6, 6.07) is 15.7. The van der Waals surface area contributed by atoms with Crippen LogP contribution in [0.1, 0.15) is 76.2 Å². The maximum atomic E-state index is 15.3. The zero-order chi connectivity index (χ0) is 27.4. The maximum Gasteiger partial charge on any atom is 0.201 e. The van der Waals surface area contributed by atoms with E-state index in [4.69, 9.17) is 4.74 Å². The first-order chi connectivity index (χ1) is 19.0. The van der Waals surface area contributed by atoms with E-state index in [0.717, 1.165) is 41.4 Å². The first-order valence-electron chi connectivity index (χ1n) is 14.6. The third-order valence-corrected chi connectivity index (χ3v) is 9.07. The summed E-state index contributed by atoms with van der Waals surface area (Å²) in [7, 11) is 0. The van der Waals surface area contributed by atoms with Crippen molar-refractivity contribution in [3.8, 4) is 28.0 Å². The number of allylic oxidation sites excluding steroid dienone is 1. The average Bonchev–Trinajstić information content (AvgIpc) is 2.98. The molecule has 0 radical (unpaired) electrons. The summed E-state index contributed by atoms with van der Waals surface area (Å²) in [5.74, 6) is 0.465. The van der Waals surface area contributed by atoms with Crippen molar-refractivity contribution >= 4 is 0 Å². The van der Waals surface area contributed by atoms with E-state index in [2.05, 4.69) is 12.7 Å². The van der Waals surface area contributed by atoms with Crippen molar-refractivity contribution < 1.29 is 17.9 Å². The highest BCUT2D eigenvalue weighted by Crippen LogP contribution is 2.44. The third-order valence-electron chi connectivity index (χ3n) is 9.07. The molecule has 2 saturated carbocycles. The normalized spacial score (nSPS) is 23.4. The standard InChI is InChI=1S/C35H39F3O/c1-3-21-39-33-20-19-31(34(37)35(33)38)28-15-11-26(12-16-28)29-17-18-30(32(36)22-29)27-13-9-25(10-14-27)24-7-5-23(4-2)6-8-24/h4,11-12,15-20,22-25,27H,2-3,5-10,13-14,21H2,1H3. The van der Waals surface area contributed by atoms with Crippen molar-refractivity contribution in [2.45, 2.75) is 70.6 Å². The fraction of sp³-hybridized carbons (Fsp3) is 0.429. The fourth-order valence-electron chi connectivity index (χ4n) is 6.71. The Balaban J connectivity index is 1.23. The van der Waals surface area contributed by atoms with Crippen LogP contribution in [0.15, 0.2) is 67.3 Å².